The summed E-state index contributed by atoms with van der Waals surface area (Å²) >= 11 is 3.38. The van der Waals surface area contributed by atoms with Crippen LogP contribution in [-0.2, 0) is 19.5 Å². The molecule has 0 saturated heterocycles. The van der Waals surface area contributed by atoms with Crippen LogP contribution in [0.1, 0.15) is 42.6 Å². The predicted molar refractivity (Wildman–Crippen MR) is 83.2 cm³/mol. The molecule has 1 aliphatic heterocycles. The Morgan fingerprint density at radius 1 is 1.52 bits per heavy atom. The molecule has 0 amide bonds. The monoisotopic (exact) mass is 351 g/mol. The standard InChI is InChI=1S/C15H18BrN3O2/c1-9(2)14-17-13-3-4-19(7-12(13)15(20)18-14)6-11-5-10(16)8-21-11/h5,8-9H,3-4,6-7H2,1-2H3,(H,17,18,20). The van der Waals surface area contributed by atoms with Crippen molar-refractivity contribution in [2.75, 3.05) is 6.54 Å². The number of furan rings is 1. The molecule has 0 unspecified atom stereocenters. The van der Waals surface area contributed by atoms with Crippen molar-refractivity contribution >= 4 is 15.9 Å². The molecule has 2 aromatic rings. The number of halogens is 1. The van der Waals surface area contributed by atoms with Gasteiger partial charge in [0.1, 0.15) is 17.8 Å². The van der Waals surface area contributed by atoms with Gasteiger partial charge in [-0.15, -0.1) is 0 Å². The van der Waals surface area contributed by atoms with Crippen molar-refractivity contribution < 1.29 is 4.42 Å². The Balaban J connectivity index is 1.81. The van der Waals surface area contributed by atoms with Crippen LogP contribution in [0.25, 0.3) is 0 Å². The molecule has 1 N–H and O–H groups in total. The number of aromatic nitrogens is 2. The van der Waals surface area contributed by atoms with E-state index >= 15 is 0 Å². The summed E-state index contributed by atoms with van der Waals surface area (Å²) in [7, 11) is 0. The molecular formula is C15H18BrN3O2. The van der Waals surface area contributed by atoms with Gasteiger partial charge in [0, 0.05) is 25.4 Å². The fraction of sp³-hybridized carbons (Fsp3) is 0.467. The van der Waals surface area contributed by atoms with Gasteiger partial charge >= 0.3 is 0 Å². The van der Waals surface area contributed by atoms with E-state index in [1.165, 1.54) is 0 Å². The highest BCUT2D eigenvalue weighted by molar-refractivity contribution is 9.10. The molecule has 6 heteroatoms. The molecule has 0 saturated carbocycles. The van der Waals surface area contributed by atoms with E-state index in [9.17, 15) is 4.79 Å². The zero-order valence-corrected chi connectivity index (χ0v) is 13.7. The number of hydrogen-bond donors (Lipinski definition) is 1. The van der Waals surface area contributed by atoms with Gasteiger partial charge in [-0.2, -0.15) is 0 Å². The Kier molecular flexibility index (Phi) is 3.99. The molecule has 2 aromatic heterocycles. The summed E-state index contributed by atoms with van der Waals surface area (Å²) in [5, 5.41) is 0. The number of rotatable bonds is 3. The summed E-state index contributed by atoms with van der Waals surface area (Å²) in [6, 6.07) is 1.96. The maximum atomic E-state index is 12.2. The third-order valence-electron chi connectivity index (χ3n) is 3.71. The van der Waals surface area contributed by atoms with Crippen LogP contribution in [0.4, 0.5) is 0 Å². The van der Waals surface area contributed by atoms with Gasteiger partial charge < -0.3 is 9.40 Å². The summed E-state index contributed by atoms with van der Waals surface area (Å²) in [6.45, 7) is 6.28. The van der Waals surface area contributed by atoms with Crippen molar-refractivity contribution in [3.05, 3.63) is 50.0 Å². The normalized spacial score (nSPS) is 15.4. The first kappa shape index (κ1) is 14.5. The summed E-state index contributed by atoms with van der Waals surface area (Å²) in [6.07, 6.45) is 2.48. The number of nitrogens with one attached hydrogen (secondary N) is 1. The zero-order chi connectivity index (χ0) is 15.0. The lowest BCUT2D eigenvalue weighted by Crippen LogP contribution is -2.35. The minimum atomic E-state index is -0.00553. The zero-order valence-electron chi connectivity index (χ0n) is 12.1. The van der Waals surface area contributed by atoms with Crippen molar-refractivity contribution in [3.63, 3.8) is 0 Å². The fourth-order valence-corrected chi connectivity index (χ4v) is 2.91. The molecule has 0 radical (unpaired) electrons. The smallest absolute Gasteiger partial charge is 0.255 e. The summed E-state index contributed by atoms with van der Waals surface area (Å²) in [4.78, 5) is 22.0. The maximum Gasteiger partial charge on any atom is 0.255 e. The van der Waals surface area contributed by atoms with Crippen LogP contribution in [0.5, 0.6) is 0 Å². The molecule has 0 atom stereocenters. The van der Waals surface area contributed by atoms with Crippen LogP contribution in [-0.4, -0.2) is 21.4 Å². The highest BCUT2D eigenvalue weighted by Gasteiger charge is 2.22. The van der Waals surface area contributed by atoms with E-state index in [1.54, 1.807) is 6.26 Å². The van der Waals surface area contributed by atoms with Crippen LogP contribution in [0.3, 0.4) is 0 Å². The minimum Gasteiger partial charge on any atom is -0.467 e. The van der Waals surface area contributed by atoms with E-state index in [-0.39, 0.29) is 11.5 Å². The Hall–Kier alpha value is -1.40. The van der Waals surface area contributed by atoms with E-state index in [4.69, 9.17) is 4.42 Å². The van der Waals surface area contributed by atoms with Crippen LogP contribution < -0.4 is 5.56 Å². The molecular weight excluding hydrogens is 334 g/mol. The van der Waals surface area contributed by atoms with Crippen LogP contribution >= 0.6 is 15.9 Å². The first-order valence-corrected chi connectivity index (χ1v) is 7.89. The first-order valence-electron chi connectivity index (χ1n) is 7.10. The average molecular weight is 352 g/mol. The Labute approximate surface area is 131 Å². The summed E-state index contributed by atoms with van der Waals surface area (Å²) in [5.41, 5.74) is 1.73. The predicted octanol–water partition coefficient (Wildman–Crippen LogP) is 2.81. The van der Waals surface area contributed by atoms with Crippen molar-refractivity contribution in [1.82, 2.24) is 14.9 Å². The first-order chi connectivity index (χ1) is 10.0. The Morgan fingerprint density at radius 2 is 2.33 bits per heavy atom. The van der Waals surface area contributed by atoms with Crippen molar-refractivity contribution in [2.45, 2.75) is 39.3 Å². The molecule has 0 bridgehead atoms. The molecule has 5 nitrogen and oxygen atoms in total. The second-order valence-electron chi connectivity index (χ2n) is 5.72. The van der Waals surface area contributed by atoms with Gasteiger partial charge in [-0.3, -0.25) is 9.69 Å². The fourth-order valence-electron chi connectivity index (χ4n) is 2.57. The van der Waals surface area contributed by atoms with Crippen molar-refractivity contribution in [2.24, 2.45) is 0 Å². The van der Waals surface area contributed by atoms with Gasteiger partial charge in [-0.25, -0.2) is 4.98 Å². The number of H-pyrrole nitrogens is 1. The maximum absolute atomic E-state index is 12.2. The van der Waals surface area contributed by atoms with Gasteiger partial charge in [-0.1, -0.05) is 13.8 Å². The number of nitrogens with zero attached hydrogens (tertiary/aromatic N) is 2. The Bertz CT molecular complexity index is 705. The van der Waals surface area contributed by atoms with Crippen LogP contribution in [0.15, 0.2) is 26.0 Å². The lowest BCUT2D eigenvalue weighted by Gasteiger charge is -2.27. The lowest BCUT2D eigenvalue weighted by molar-refractivity contribution is 0.222. The van der Waals surface area contributed by atoms with Gasteiger partial charge in [0.05, 0.1) is 22.3 Å². The Morgan fingerprint density at radius 3 is 3.00 bits per heavy atom. The highest BCUT2D eigenvalue weighted by atomic mass is 79.9. The van der Waals surface area contributed by atoms with E-state index < -0.39 is 0 Å². The third-order valence-corrected chi connectivity index (χ3v) is 4.13. The number of hydrogen-bond acceptors (Lipinski definition) is 4. The molecule has 112 valence electrons. The highest BCUT2D eigenvalue weighted by Crippen LogP contribution is 2.20. The molecule has 1 aliphatic rings. The van der Waals surface area contributed by atoms with E-state index in [2.05, 4.69) is 30.8 Å². The minimum absolute atomic E-state index is 0.00553. The second kappa shape index (κ2) is 5.77. The van der Waals surface area contributed by atoms with Crippen molar-refractivity contribution in [1.29, 1.82) is 0 Å². The van der Waals surface area contributed by atoms with Crippen LogP contribution in [0, 0.1) is 0 Å². The van der Waals surface area contributed by atoms with Crippen LogP contribution in [0.2, 0.25) is 0 Å². The molecule has 3 rings (SSSR count). The molecule has 0 spiro atoms. The molecule has 3 heterocycles. The molecule has 21 heavy (non-hydrogen) atoms. The van der Waals surface area contributed by atoms with Crippen molar-refractivity contribution in [3.8, 4) is 0 Å². The van der Waals surface area contributed by atoms with E-state index in [0.29, 0.717) is 13.1 Å². The van der Waals surface area contributed by atoms with Gasteiger partial charge in [0.25, 0.3) is 5.56 Å². The quantitative estimate of drug-likeness (QED) is 0.923. The molecule has 0 fully saturated rings. The SMILES string of the molecule is CC(C)c1nc2c(c(=O)[nH]1)CN(Cc1cc(Br)co1)CC2. The topological polar surface area (TPSA) is 62.1 Å². The van der Waals surface area contributed by atoms with Gasteiger partial charge in [-0.05, 0) is 22.0 Å². The average Bonchev–Trinajstić information content (AvgIpc) is 2.84. The summed E-state index contributed by atoms with van der Waals surface area (Å²) in [5.74, 6) is 1.91. The second-order valence-corrected chi connectivity index (χ2v) is 6.64. The largest absolute Gasteiger partial charge is 0.467 e. The van der Waals surface area contributed by atoms with E-state index in [0.717, 1.165) is 40.3 Å². The van der Waals surface area contributed by atoms with Gasteiger partial charge in [0.2, 0.25) is 0 Å². The lowest BCUT2D eigenvalue weighted by atomic mass is 10.1. The molecule has 0 aliphatic carbocycles. The van der Waals surface area contributed by atoms with E-state index in [1.807, 2.05) is 19.9 Å². The number of aromatic amines is 1. The van der Waals surface area contributed by atoms with Gasteiger partial charge in [0.15, 0.2) is 0 Å². The molecule has 0 aromatic carbocycles. The summed E-state index contributed by atoms with van der Waals surface area (Å²) < 4.78 is 6.39. The number of fused-ring (bicyclic) bond motifs is 1. The third kappa shape index (κ3) is 3.11.